The fraction of sp³-hybridized carbons (Fsp3) is 0.538. The molecule has 0 amide bonds. The topological polar surface area (TPSA) is 35.2 Å². The van der Waals surface area contributed by atoms with Gasteiger partial charge < -0.3 is 10.5 Å². The average Bonchev–Trinajstić information content (AvgIpc) is 2.68. The lowest BCUT2D eigenvalue weighted by atomic mass is 9.88. The van der Waals surface area contributed by atoms with E-state index in [0.29, 0.717) is 6.61 Å². The molecule has 0 aliphatic heterocycles. The van der Waals surface area contributed by atoms with Crippen LogP contribution in [-0.4, -0.2) is 7.11 Å². The van der Waals surface area contributed by atoms with E-state index in [0.717, 1.165) is 12.8 Å². The Balaban J connectivity index is 2.23. The van der Waals surface area contributed by atoms with Gasteiger partial charge in [0.05, 0.1) is 6.61 Å². The fourth-order valence-corrected chi connectivity index (χ4v) is 2.43. The molecule has 0 aromatic heterocycles. The van der Waals surface area contributed by atoms with Gasteiger partial charge in [0.15, 0.2) is 0 Å². The Morgan fingerprint density at radius 3 is 2.73 bits per heavy atom. The molecular formula is C13H19NO. The van der Waals surface area contributed by atoms with Gasteiger partial charge >= 0.3 is 0 Å². The van der Waals surface area contributed by atoms with Crippen molar-refractivity contribution in [3.05, 3.63) is 35.4 Å². The van der Waals surface area contributed by atoms with Crippen molar-refractivity contribution in [2.75, 3.05) is 7.11 Å². The monoisotopic (exact) mass is 205 g/mol. The molecular weight excluding hydrogens is 186 g/mol. The second kappa shape index (κ2) is 4.33. The molecule has 0 unspecified atom stereocenters. The number of benzene rings is 1. The highest BCUT2D eigenvalue weighted by Gasteiger charge is 2.30. The maximum Gasteiger partial charge on any atom is 0.0713 e. The minimum absolute atomic E-state index is 0.0796. The zero-order chi connectivity index (χ0) is 10.7. The Bertz CT molecular complexity index is 329. The number of hydrogen-bond donors (Lipinski definition) is 1. The first-order valence-electron chi connectivity index (χ1n) is 5.62. The second-order valence-electron chi connectivity index (χ2n) is 4.50. The van der Waals surface area contributed by atoms with Gasteiger partial charge in [0.25, 0.3) is 0 Å². The van der Waals surface area contributed by atoms with E-state index in [1.165, 1.54) is 24.0 Å². The smallest absolute Gasteiger partial charge is 0.0713 e. The van der Waals surface area contributed by atoms with Crippen molar-refractivity contribution in [2.24, 2.45) is 5.73 Å². The first kappa shape index (κ1) is 10.7. The van der Waals surface area contributed by atoms with Crippen LogP contribution >= 0.6 is 0 Å². The van der Waals surface area contributed by atoms with E-state index in [-0.39, 0.29) is 5.54 Å². The normalized spacial score (nSPS) is 19.3. The quantitative estimate of drug-likeness (QED) is 0.823. The Morgan fingerprint density at radius 2 is 2.07 bits per heavy atom. The predicted octanol–water partition coefficient (Wildman–Crippen LogP) is 2.56. The minimum Gasteiger partial charge on any atom is -0.380 e. The summed E-state index contributed by atoms with van der Waals surface area (Å²) < 4.78 is 5.14. The van der Waals surface area contributed by atoms with Crippen LogP contribution in [0.15, 0.2) is 24.3 Å². The Kier molecular flexibility index (Phi) is 3.08. The van der Waals surface area contributed by atoms with Crippen LogP contribution in [0.3, 0.4) is 0 Å². The van der Waals surface area contributed by atoms with Crippen molar-refractivity contribution in [3.63, 3.8) is 0 Å². The number of ether oxygens (including phenoxy) is 1. The summed E-state index contributed by atoms with van der Waals surface area (Å²) in [4.78, 5) is 0. The average molecular weight is 205 g/mol. The van der Waals surface area contributed by atoms with Crippen molar-refractivity contribution in [1.29, 1.82) is 0 Å². The SMILES string of the molecule is COCc1cccc(C2(N)CCCC2)c1. The van der Waals surface area contributed by atoms with E-state index in [2.05, 4.69) is 24.3 Å². The van der Waals surface area contributed by atoms with Gasteiger partial charge in [-0.15, -0.1) is 0 Å². The maximum atomic E-state index is 6.40. The van der Waals surface area contributed by atoms with E-state index in [1.54, 1.807) is 7.11 Å². The van der Waals surface area contributed by atoms with Gasteiger partial charge in [-0.05, 0) is 24.0 Å². The van der Waals surface area contributed by atoms with Gasteiger partial charge in [0, 0.05) is 12.6 Å². The third-order valence-electron chi connectivity index (χ3n) is 3.31. The van der Waals surface area contributed by atoms with Gasteiger partial charge in [0.1, 0.15) is 0 Å². The van der Waals surface area contributed by atoms with Crippen LogP contribution in [0, 0.1) is 0 Å². The number of hydrogen-bond acceptors (Lipinski definition) is 2. The van der Waals surface area contributed by atoms with Crippen molar-refractivity contribution < 1.29 is 4.74 Å². The summed E-state index contributed by atoms with van der Waals surface area (Å²) >= 11 is 0. The highest BCUT2D eigenvalue weighted by molar-refractivity contribution is 5.29. The van der Waals surface area contributed by atoms with Crippen LogP contribution < -0.4 is 5.73 Å². The molecule has 15 heavy (non-hydrogen) atoms. The lowest BCUT2D eigenvalue weighted by Gasteiger charge is -2.24. The van der Waals surface area contributed by atoms with E-state index in [1.807, 2.05) is 0 Å². The predicted molar refractivity (Wildman–Crippen MR) is 61.5 cm³/mol. The molecule has 0 saturated heterocycles. The maximum absolute atomic E-state index is 6.40. The fourth-order valence-electron chi connectivity index (χ4n) is 2.43. The largest absolute Gasteiger partial charge is 0.380 e. The molecule has 82 valence electrons. The summed E-state index contributed by atoms with van der Waals surface area (Å²) in [6.07, 6.45) is 4.74. The Morgan fingerprint density at radius 1 is 1.33 bits per heavy atom. The number of methoxy groups -OCH3 is 1. The standard InChI is InChI=1S/C13H19NO/c1-15-10-11-5-4-6-12(9-11)13(14)7-2-3-8-13/h4-6,9H,2-3,7-8,10,14H2,1H3. The van der Waals surface area contributed by atoms with Gasteiger partial charge in [-0.3, -0.25) is 0 Å². The molecule has 2 nitrogen and oxygen atoms in total. The molecule has 1 saturated carbocycles. The summed E-state index contributed by atoms with van der Waals surface area (Å²) in [6.45, 7) is 0.671. The molecule has 2 rings (SSSR count). The van der Waals surface area contributed by atoms with Crippen LogP contribution in [-0.2, 0) is 16.9 Å². The van der Waals surface area contributed by atoms with Gasteiger partial charge in [-0.25, -0.2) is 0 Å². The molecule has 0 atom stereocenters. The van der Waals surface area contributed by atoms with E-state index >= 15 is 0 Å². The van der Waals surface area contributed by atoms with Gasteiger partial charge in [-0.2, -0.15) is 0 Å². The molecule has 2 N–H and O–H groups in total. The lowest BCUT2D eigenvalue weighted by Crippen LogP contribution is -2.33. The molecule has 1 fully saturated rings. The summed E-state index contributed by atoms with van der Waals surface area (Å²) in [5.41, 5.74) is 8.81. The van der Waals surface area contributed by atoms with Gasteiger partial charge in [0.2, 0.25) is 0 Å². The molecule has 0 radical (unpaired) electrons. The third-order valence-corrected chi connectivity index (χ3v) is 3.31. The molecule has 0 bridgehead atoms. The van der Waals surface area contributed by atoms with Crippen molar-refractivity contribution in [2.45, 2.75) is 37.8 Å². The van der Waals surface area contributed by atoms with E-state index in [4.69, 9.17) is 10.5 Å². The zero-order valence-electron chi connectivity index (χ0n) is 9.33. The van der Waals surface area contributed by atoms with Crippen molar-refractivity contribution in [1.82, 2.24) is 0 Å². The molecule has 1 aromatic carbocycles. The molecule has 2 heteroatoms. The summed E-state index contributed by atoms with van der Waals surface area (Å²) in [6, 6.07) is 8.50. The van der Waals surface area contributed by atoms with Gasteiger partial charge in [-0.1, -0.05) is 37.1 Å². The third kappa shape index (κ3) is 2.21. The summed E-state index contributed by atoms with van der Waals surface area (Å²) in [5.74, 6) is 0. The van der Waals surface area contributed by atoms with Crippen LogP contribution in [0.1, 0.15) is 36.8 Å². The van der Waals surface area contributed by atoms with Crippen molar-refractivity contribution in [3.8, 4) is 0 Å². The van der Waals surface area contributed by atoms with E-state index in [9.17, 15) is 0 Å². The number of rotatable bonds is 3. The zero-order valence-corrected chi connectivity index (χ0v) is 9.33. The lowest BCUT2D eigenvalue weighted by molar-refractivity contribution is 0.184. The van der Waals surface area contributed by atoms with Crippen LogP contribution in [0.2, 0.25) is 0 Å². The minimum atomic E-state index is -0.0796. The first-order valence-corrected chi connectivity index (χ1v) is 5.62. The Hall–Kier alpha value is -0.860. The second-order valence-corrected chi connectivity index (χ2v) is 4.50. The number of nitrogens with two attached hydrogens (primary N) is 1. The van der Waals surface area contributed by atoms with Crippen LogP contribution in [0.4, 0.5) is 0 Å². The van der Waals surface area contributed by atoms with Crippen LogP contribution in [0.25, 0.3) is 0 Å². The molecule has 1 aliphatic carbocycles. The molecule has 0 heterocycles. The summed E-state index contributed by atoms with van der Waals surface area (Å²) in [7, 11) is 1.72. The molecule has 1 aromatic rings. The summed E-state index contributed by atoms with van der Waals surface area (Å²) in [5, 5.41) is 0. The Labute approximate surface area is 91.4 Å². The van der Waals surface area contributed by atoms with Crippen LogP contribution in [0.5, 0.6) is 0 Å². The van der Waals surface area contributed by atoms with Crippen molar-refractivity contribution >= 4 is 0 Å². The molecule has 0 spiro atoms. The molecule has 1 aliphatic rings. The highest BCUT2D eigenvalue weighted by Crippen LogP contribution is 2.36. The first-order chi connectivity index (χ1) is 7.24. The van der Waals surface area contributed by atoms with E-state index < -0.39 is 0 Å². The highest BCUT2D eigenvalue weighted by atomic mass is 16.5.